The van der Waals surface area contributed by atoms with Gasteiger partial charge in [0.25, 0.3) is 0 Å². The van der Waals surface area contributed by atoms with Gasteiger partial charge in [-0.05, 0) is 43.4 Å². The minimum Gasteiger partial charge on any atom is -0.0996 e. The van der Waals surface area contributed by atoms with E-state index in [1.165, 1.54) is 44.1 Å². The zero-order valence-electron chi connectivity index (χ0n) is 12.2. The minimum atomic E-state index is 0.834. The van der Waals surface area contributed by atoms with E-state index in [-0.39, 0.29) is 0 Å². The molecule has 0 heterocycles. The van der Waals surface area contributed by atoms with Gasteiger partial charge in [0.15, 0.2) is 0 Å². The van der Waals surface area contributed by atoms with E-state index in [4.69, 9.17) is 0 Å². The molecule has 0 aliphatic heterocycles. The Kier molecular flexibility index (Phi) is 8.70. The maximum Gasteiger partial charge on any atom is -0.0206 e. The molecule has 0 N–H and O–H groups in total. The van der Waals surface area contributed by atoms with Crippen LogP contribution in [-0.2, 0) is 0 Å². The average molecular weight is 224 g/mol. The predicted octanol–water partition coefficient (Wildman–Crippen LogP) is 5.83. The van der Waals surface area contributed by atoms with Crippen LogP contribution in [0.15, 0.2) is 12.2 Å². The van der Waals surface area contributed by atoms with Gasteiger partial charge < -0.3 is 0 Å². The molecule has 0 spiro atoms. The normalized spacial score (nSPS) is 25.2. The molecule has 2 unspecified atom stereocenters. The minimum absolute atomic E-state index is 0.834. The van der Waals surface area contributed by atoms with Crippen LogP contribution < -0.4 is 0 Å². The standard InChI is InChI=1S/C14H26.C2H6/c1-5-14-10-13(8-6-11(2)3)9-7-12(14)4;1-2/h11,13-14H,4-10H2,1-3H3;1-2H3. The quantitative estimate of drug-likeness (QED) is 0.527. The summed E-state index contributed by atoms with van der Waals surface area (Å²) in [5.74, 6) is 2.70. The van der Waals surface area contributed by atoms with E-state index in [9.17, 15) is 0 Å². The maximum absolute atomic E-state index is 4.20. The van der Waals surface area contributed by atoms with Crippen LogP contribution in [0.5, 0.6) is 0 Å². The Labute approximate surface area is 104 Å². The van der Waals surface area contributed by atoms with Gasteiger partial charge in [-0.25, -0.2) is 0 Å². The van der Waals surface area contributed by atoms with Crippen molar-refractivity contribution in [1.82, 2.24) is 0 Å². The monoisotopic (exact) mass is 224 g/mol. The van der Waals surface area contributed by atoms with E-state index >= 15 is 0 Å². The average Bonchev–Trinajstić information content (AvgIpc) is 2.30. The number of hydrogen-bond donors (Lipinski definition) is 0. The fourth-order valence-corrected chi connectivity index (χ4v) is 2.57. The molecule has 0 nitrogen and oxygen atoms in total. The molecule has 0 saturated heterocycles. The Balaban J connectivity index is 0.00000106. The summed E-state index contributed by atoms with van der Waals surface area (Å²) >= 11 is 0. The molecule has 0 heteroatoms. The van der Waals surface area contributed by atoms with Gasteiger partial charge in [-0.1, -0.05) is 59.6 Å². The van der Waals surface area contributed by atoms with Crippen molar-refractivity contribution >= 4 is 0 Å². The Morgan fingerprint density at radius 2 is 1.94 bits per heavy atom. The summed E-state index contributed by atoms with van der Waals surface area (Å²) in [7, 11) is 0. The van der Waals surface area contributed by atoms with E-state index in [2.05, 4.69) is 27.4 Å². The lowest BCUT2D eigenvalue weighted by molar-refractivity contribution is 0.293. The second kappa shape index (κ2) is 8.84. The molecule has 0 bridgehead atoms. The van der Waals surface area contributed by atoms with E-state index in [0.717, 1.165) is 17.8 Å². The highest BCUT2D eigenvalue weighted by molar-refractivity contribution is 5.04. The first-order valence-corrected chi connectivity index (χ1v) is 7.31. The van der Waals surface area contributed by atoms with E-state index in [1.54, 1.807) is 0 Å². The van der Waals surface area contributed by atoms with E-state index < -0.39 is 0 Å². The lowest BCUT2D eigenvalue weighted by atomic mass is 9.75. The van der Waals surface area contributed by atoms with Gasteiger partial charge in [0.1, 0.15) is 0 Å². The third-order valence-corrected chi connectivity index (χ3v) is 3.71. The highest BCUT2D eigenvalue weighted by Gasteiger charge is 2.23. The summed E-state index contributed by atoms with van der Waals surface area (Å²) in [4.78, 5) is 0. The Morgan fingerprint density at radius 1 is 1.31 bits per heavy atom. The molecule has 96 valence electrons. The number of rotatable bonds is 4. The molecule has 16 heavy (non-hydrogen) atoms. The van der Waals surface area contributed by atoms with Crippen molar-refractivity contribution in [2.24, 2.45) is 17.8 Å². The fraction of sp³-hybridized carbons (Fsp3) is 0.875. The third-order valence-electron chi connectivity index (χ3n) is 3.71. The topological polar surface area (TPSA) is 0 Å². The summed E-state index contributed by atoms with van der Waals surface area (Å²) < 4.78 is 0. The number of allylic oxidation sites excluding steroid dienone is 1. The van der Waals surface area contributed by atoms with Gasteiger partial charge >= 0.3 is 0 Å². The van der Waals surface area contributed by atoms with Crippen LogP contribution in [0.4, 0.5) is 0 Å². The number of hydrogen-bond acceptors (Lipinski definition) is 0. The zero-order chi connectivity index (χ0) is 12.6. The molecule has 2 atom stereocenters. The van der Waals surface area contributed by atoms with Gasteiger partial charge in [0, 0.05) is 0 Å². The van der Waals surface area contributed by atoms with Crippen molar-refractivity contribution in [2.75, 3.05) is 0 Å². The molecule has 1 aliphatic rings. The predicted molar refractivity (Wildman–Crippen MR) is 75.7 cm³/mol. The van der Waals surface area contributed by atoms with Crippen molar-refractivity contribution in [2.45, 2.75) is 73.1 Å². The van der Waals surface area contributed by atoms with Gasteiger partial charge in [-0.3, -0.25) is 0 Å². The molecule has 0 amide bonds. The van der Waals surface area contributed by atoms with Gasteiger partial charge in [-0.15, -0.1) is 0 Å². The molecule has 1 rings (SSSR count). The first kappa shape index (κ1) is 15.7. The molecule has 0 aromatic rings. The van der Waals surface area contributed by atoms with Gasteiger partial charge in [0.2, 0.25) is 0 Å². The molecule has 0 aromatic carbocycles. The van der Waals surface area contributed by atoms with Gasteiger partial charge in [0.05, 0.1) is 0 Å². The zero-order valence-corrected chi connectivity index (χ0v) is 12.2. The highest BCUT2D eigenvalue weighted by atomic mass is 14.3. The van der Waals surface area contributed by atoms with E-state index in [1.807, 2.05) is 13.8 Å². The second-order valence-corrected chi connectivity index (χ2v) is 5.38. The van der Waals surface area contributed by atoms with Crippen molar-refractivity contribution in [3.8, 4) is 0 Å². The molecular weight excluding hydrogens is 192 g/mol. The third kappa shape index (κ3) is 5.72. The highest BCUT2D eigenvalue weighted by Crippen LogP contribution is 2.36. The van der Waals surface area contributed by atoms with E-state index in [0.29, 0.717) is 0 Å². The van der Waals surface area contributed by atoms with Crippen molar-refractivity contribution < 1.29 is 0 Å². The molecule has 0 aromatic heterocycles. The Morgan fingerprint density at radius 3 is 2.44 bits per heavy atom. The smallest absolute Gasteiger partial charge is 0.0206 e. The lowest BCUT2D eigenvalue weighted by Gasteiger charge is -2.30. The van der Waals surface area contributed by atoms with Crippen LogP contribution in [0, 0.1) is 17.8 Å². The molecule has 1 saturated carbocycles. The SMILES string of the molecule is C=C1CCC(CCC(C)C)CC1CC.CC. The van der Waals surface area contributed by atoms with Crippen LogP contribution in [0.1, 0.15) is 73.1 Å². The summed E-state index contributed by atoms with van der Waals surface area (Å²) in [6, 6.07) is 0. The maximum atomic E-state index is 4.20. The lowest BCUT2D eigenvalue weighted by Crippen LogP contribution is -2.17. The van der Waals surface area contributed by atoms with Crippen molar-refractivity contribution in [3.05, 3.63) is 12.2 Å². The first-order valence-electron chi connectivity index (χ1n) is 7.31. The van der Waals surface area contributed by atoms with Crippen LogP contribution in [0.25, 0.3) is 0 Å². The Hall–Kier alpha value is -0.260. The van der Waals surface area contributed by atoms with Crippen LogP contribution in [0.3, 0.4) is 0 Å². The molecule has 1 aliphatic carbocycles. The fourth-order valence-electron chi connectivity index (χ4n) is 2.57. The second-order valence-electron chi connectivity index (χ2n) is 5.38. The molecule has 1 fully saturated rings. The summed E-state index contributed by atoms with van der Waals surface area (Å²) in [5.41, 5.74) is 1.52. The Bertz CT molecular complexity index is 178. The molecule has 0 radical (unpaired) electrons. The summed E-state index contributed by atoms with van der Waals surface area (Å²) in [6.45, 7) is 15.2. The summed E-state index contributed by atoms with van der Waals surface area (Å²) in [6.07, 6.45) is 8.28. The van der Waals surface area contributed by atoms with Crippen LogP contribution in [0.2, 0.25) is 0 Å². The largest absolute Gasteiger partial charge is 0.0996 e. The van der Waals surface area contributed by atoms with Crippen LogP contribution >= 0.6 is 0 Å². The summed E-state index contributed by atoms with van der Waals surface area (Å²) in [5, 5.41) is 0. The van der Waals surface area contributed by atoms with Gasteiger partial charge in [-0.2, -0.15) is 0 Å². The van der Waals surface area contributed by atoms with Crippen molar-refractivity contribution in [1.29, 1.82) is 0 Å². The van der Waals surface area contributed by atoms with Crippen molar-refractivity contribution in [3.63, 3.8) is 0 Å². The first-order chi connectivity index (χ1) is 7.63. The van der Waals surface area contributed by atoms with Crippen LogP contribution in [-0.4, -0.2) is 0 Å². The molecular formula is C16H32.